The normalized spacial score (nSPS) is 30.9. The molecule has 9 heteroatoms. The molecule has 8 nitrogen and oxygen atoms in total. The molecule has 2 aromatic rings. The minimum atomic E-state index is -1.13. The Kier molecular flexibility index (Phi) is 6.07. The Hall–Kier alpha value is -2.94. The van der Waals surface area contributed by atoms with E-state index >= 15 is 0 Å². The fourth-order valence-electron chi connectivity index (χ4n) is 6.11. The van der Waals surface area contributed by atoms with Crippen LogP contribution in [0.2, 0.25) is 5.02 Å². The van der Waals surface area contributed by atoms with Crippen molar-refractivity contribution in [2.75, 3.05) is 23.8 Å². The summed E-state index contributed by atoms with van der Waals surface area (Å²) in [4.78, 5) is 42.5. The van der Waals surface area contributed by atoms with Gasteiger partial charge >= 0.3 is 0 Å². The summed E-state index contributed by atoms with van der Waals surface area (Å²) < 4.78 is 6.55. The van der Waals surface area contributed by atoms with Crippen molar-refractivity contribution in [1.82, 2.24) is 4.90 Å². The number of hydrogen-bond donors (Lipinski definition) is 3. The zero-order valence-electron chi connectivity index (χ0n) is 19.4. The standard InChI is InChI=1S/C26H28ClN3O5/c1-25-12-13-26(35-25)20(19(25)22(32)28-16-8-3-2-4-9-16)24(34)30(14-7-15-31)21(26)23(33)29-18-11-6-5-10-17(18)27/h2-6,8-11,19-21,31H,7,12-15H2,1H3,(H,28,32)(H,29,33)/t19-,20-,21?,25+,26?/m0/s1. The van der Waals surface area contributed by atoms with Gasteiger partial charge in [0.15, 0.2) is 0 Å². The third-order valence-electron chi connectivity index (χ3n) is 7.54. The van der Waals surface area contributed by atoms with Crippen molar-refractivity contribution < 1.29 is 24.2 Å². The van der Waals surface area contributed by atoms with Crippen LogP contribution in [0.1, 0.15) is 26.2 Å². The smallest absolute Gasteiger partial charge is 0.250 e. The quantitative estimate of drug-likeness (QED) is 0.545. The van der Waals surface area contributed by atoms with Gasteiger partial charge in [-0.2, -0.15) is 0 Å². The molecule has 0 saturated carbocycles. The van der Waals surface area contributed by atoms with Crippen molar-refractivity contribution in [2.45, 2.75) is 43.4 Å². The Morgan fingerprint density at radius 2 is 1.80 bits per heavy atom. The number of nitrogens with one attached hydrogen (secondary N) is 2. The number of aliphatic hydroxyl groups excluding tert-OH is 1. The zero-order chi connectivity index (χ0) is 24.8. The number of benzene rings is 2. The van der Waals surface area contributed by atoms with E-state index in [9.17, 15) is 19.5 Å². The topological polar surface area (TPSA) is 108 Å². The summed E-state index contributed by atoms with van der Waals surface area (Å²) in [5, 5.41) is 15.6. The van der Waals surface area contributed by atoms with Crippen LogP contribution >= 0.6 is 11.6 Å². The summed E-state index contributed by atoms with van der Waals surface area (Å²) >= 11 is 6.26. The third kappa shape index (κ3) is 3.80. The zero-order valence-corrected chi connectivity index (χ0v) is 20.1. The molecule has 3 aliphatic rings. The van der Waals surface area contributed by atoms with E-state index in [4.69, 9.17) is 16.3 Å². The number of nitrogens with zero attached hydrogens (tertiary/aromatic N) is 1. The van der Waals surface area contributed by atoms with E-state index in [1.54, 1.807) is 36.4 Å². The summed E-state index contributed by atoms with van der Waals surface area (Å²) in [6.45, 7) is 1.90. The van der Waals surface area contributed by atoms with Crippen LogP contribution in [0.15, 0.2) is 54.6 Å². The Morgan fingerprint density at radius 3 is 2.51 bits per heavy atom. The van der Waals surface area contributed by atoms with E-state index < -0.39 is 35.0 Å². The van der Waals surface area contributed by atoms with Crippen molar-refractivity contribution in [3.8, 4) is 0 Å². The first-order valence-corrected chi connectivity index (χ1v) is 12.2. The van der Waals surface area contributed by atoms with Gasteiger partial charge in [0.05, 0.1) is 28.1 Å². The molecule has 2 aromatic carbocycles. The number of anilines is 2. The molecule has 0 aliphatic carbocycles. The second-order valence-corrected chi connectivity index (χ2v) is 10.1. The summed E-state index contributed by atoms with van der Waals surface area (Å²) in [7, 11) is 0. The van der Waals surface area contributed by atoms with Crippen molar-refractivity contribution in [1.29, 1.82) is 0 Å². The van der Waals surface area contributed by atoms with Crippen LogP contribution in [-0.2, 0) is 19.1 Å². The minimum absolute atomic E-state index is 0.128. The first kappa shape index (κ1) is 23.8. The number of carbonyl (C=O) groups is 3. The lowest BCUT2D eigenvalue weighted by molar-refractivity contribution is -0.143. The third-order valence-corrected chi connectivity index (χ3v) is 7.87. The van der Waals surface area contributed by atoms with Gasteiger partial charge in [0.2, 0.25) is 17.7 Å². The number of ether oxygens (including phenoxy) is 1. The molecule has 3 fully saturated rings. The highest BCUT2D eigenvalue weighted by Crippen LogP contribution is 2.63. The maximum atomic E-state index is 13.8. The summed E-state index contributed by atoms with van der Waals surface area (Å²) in [5.74, 6) is -2.56. The first-order valence-electron chi connectivity index (χ1n) is 11.8. The lowest BCUT2D eigenvalue weighted by Crippen LogP contribution is -2.53. The van der Waals surface area contributed by atoms with Gasteiger partial charge in [-0.05, 0) is 50.5 Å². The Labute approximate surface area is 208 Å². The second kappa shape index (κ2) is 8.93. The Morgan fingerprint density at radius 1 is 1.09 bits per heavy atom. The summed E-state index contributed by atoms with van der Waals surface area (Å²) in [6, 6.07) is 15.0. The molecule has 3 amide bonds. The second-order valence-electron chi connectivity index (χ2n) is 9.66. The molecule has 184 valence electrons. The molecule has 3 N–H and O–H groups in total. The van der Waals surface area contributed by atoms with E-state index in [0.717, 1.165) is 0 Å². The van der Waals surface area contributed by atoms with Crippen LogP contribution in [0.5, 0.6) is 0 Å². The maximum absolute atomic E-state index is 13.8. The van der Waals surface area contributed by atoms with Gasteiger partial charge in [-0.3, -0.25) is 14.4 Å². The molecule has 3 aliphatic heterocycles. The number of likely N-dealkylation sites (tertiary alicyclic amines) is 1. The molecule has 35 heavy (non-hydrogen) atoms. The molecule has 5 rings (SSSR count). The predicted molar refractivity (Wildman–Crippen MR) is 131 cm³/mol. The van der Waals surface area contributed by atoms with Gasteiger partial charge in [-0.25, -0.2) is 0 Å². The van der Waals surface area contributed by atoms with Crippen LogP contribution in [0, 0.1) is 11.8 Å². The largest absolute Gasteiger partial charge is 0.396 e. The average molecular weight is 498 g/mol. The van der Waals surface area contributed by atoms with Crippen molar-refractivity contribution in [3.05, 3.63) is 59.6 Å². The average Bonchev–Trinajstić information content (AvgIpc) is 3.40. The fraction of sp³-hybridized carbons (Fsp3) is 0.423. The number of para-hydroxylation sites is 2. The van der Waals surface area contributed by atoms with Crippen molar-refractivity contribution in [2.24, 2.45) is 11.8 Å². The molecule has 3 saturated heterocycles. The van der Waals surface area contributed by atoms with Crippen LogP contribution < -0.4 is 10.6 Å². The molecular formula is C26H28ClN3O5. The minimum Gasteiger partial charge on any atom is -0.396 e. The highest BCUT2D eigenvalue weighted by Gasteiger charge is 2.77. The van der Waals surface area contributed by atoms with Crippen LogP contribution in [0.3, 0.4) is 0 Å². The SMILES string of the molecule is C[C@]12CCC3(O1)C(C(=O)Nc1ccccc1Cl)N(CCCO)C(=O)[C@@H]3[C@H]2C(=O)Nc1ccccc1. The van der Waals surface area contributed by atoms with Gasteiger partial charge in [0.25, 0.3) is 0 Å². The lowest BCUT2D eigenvalue weighted by Gasteiger charge is -2.33. The number of rotatable bonds is 7. The van der Waals surface area contributed by atoms with Gasteiger partial charge < -0.3 is 25.4 Å². The molecule has 2 unspecified atom stereocenters. The van der Waals surface area contributed by atoms with Gasteiger partial charge in [-0.15, -0.1) is 0 Å². The Bertz CT molecular complexity index is 1160. The molecule has 5 atom stereocenters. The molecule has 1 spiro atoms. The molecule has 3 heterocycles. The van der Waals surface area contributed by atoms with E-state index in [0.29, 0.717) is 35.7 Å². The predicted octanol–water partition coefficient (Wildman–Crippen LogP) is 3.06. The number of amides is 3. The number of hydrogen-bond acceptors (Lipinski definition) is 5. The Balaban J connectivity index is 1.50. The van der Waals surface area contributed by atoms with Crippen molar-refractivity contribution in [3.63, 3.8) is 0 Å². The van der Waals surface area contributed by atoms with Gasteiger partial charge in [0.1, 0.15) is 11.6 Å². The maximum Gasteiger partial charge on any atom is 0.250 e. The van der Waals surface area contributed by atoms with Crippen LogP contribution in [0.4, 0.5) is 11.4 Å². The highest BCUT2D eigenvalue weighted by molar-refractivity contribution is 6.33. The van der Waals surface area contributed by atoms with Crippen LogP contribution in [-0.4, -0.2) is 58.1 Å². The summed E-state index contributed by atoms with van der Waals surface area (Å²) in [5.41, 5.74) is -0.935. The first-order chi connectivity index (χ1) is 16.8. The monoisotopic (exact) mass is 497 g/mol. The number of halogens is 1. The van der Waals surface area contributed by atoms with E-state index in [1.807, 2.05) is 25.1 Å². The molecule has 0 radical (unpaired) electrons. The van der Waals surface area contributed by atoms with Gasteiger partial charge in [-0.1, -0.05) is 41.9 Å². The van der Waals surface area contributed by atoms with E-state index in [-0.39, 0.29) is 25.0 Å². The fourth-order valence-corrected chi connectivity index (χ4v) is 6.30. The van der Waals surface area contributed by atoms with Crippen molar-refractivity contribution >= 4 is 40.7 Å². The lowest BCUT2D eigenvalue weighted by atomic mass is 9.66. The highest BCUT2D eigenvalue weighted by atomic mass is 35.5. The van der Waals surface area contributed by atoms with Gasteiger partial charge in [0, 0.05) is 18.8 Å². The van der Waals surface area contributed by atoms with E-state index in [2.05, 4.69) is 10.6 Å². The van der Waals surface area contributed by atoms with E-state index in [1.165, 1.54) is 4.90 Å². The summed E-state index contributed by atoms with van der Waals surface area (Å²) in [6.07, 6.45) is 1.33. The van der Waals surface area contributed by atoms with Crippen LogP contribution in [0.25, 0.3) is 0 Å². The number of aliphatic hydroxyl groups is 1. The molecule has 2 bridgehead atoms. The molecular weight excluding hydrogens is 470 g/mol. The molecule has 0 aromatic heterocycles. The number of carbonyl (C=O) groups excluding carboxylic acids is 3. The number of fused-ring (bicyclic) bond motifs is 1.